The van der Waals surface area contributed by atoms with Crippen LogP contribution in [0.25, 0.3) is 0 Å². The first-order valence-electron chi connectivity index (χ1n) is 7.96. The minimum absolute atomic E-state index is 0.0426. The number of nitrogens with zero attached hydrogens (tertiary/aromatic N) is 1. The number of nitrogens with two attached hydrogens (primary N) is 1. The second kappa shape index (κ2) is 5.68. The maximum atomic E-state index is 11.4. The molecule has 1 saturated carbocycles. The van der Waals surface area contributed by atoms with Crippen molar-refractivity contribution >= 4 is 11.6 Å². The molecule has 114 valence electrons. The van der Waals surface area contributed by atoms with E-state index in [-0.39, 0.29) is 11.4 Å². The van der Waals surface area contributed by atoms with E-state index < -0.39 is 0 Å². The highest BCUT2D eigenvalue weighted by atomic mass is 16.1. The summed E-state index contributed by atoms with van der Waals surface area (Å²) in [6, 6.07) is 8.75. The SMILES string of the molecule is CNC(=O)CC1CCN(c2ccc(C3(N)CC3)cc2)CC1. The molecule has 0 bridgehead atoms. The van der Waals surface area contributed by atoms with Crippen molar-refractivity contribution in [3.63, 3.8) is 0 Å². The van der Waals surface area contributed by atoms with Crippen LogP contribution in [-0.2, 0) is 10.3 Å². The third-order valence-electron chi connectivity index (χ3n) is 4.96. The summed E-state index contributed by atoms with van der Waals surface area (Å²) in [6.07, 6.45) is 5.07. The van der Waals surface area contributed by atoms with Crippen molar-refractivity contribution in [3.05, 3.63) is 29.8 Å². The lowest BCUT2D eigenvalue weighted by atomic mass is 9.93. The number of piperidine rings is 1. The summed E-state index contributed by atoms with van der Waals surface area (Å²) in [5, 5.41) is 2.72. The van der Waals surface area contributed by atoms with Crippen LogP contribution in [0.3, 0.4) is 0 Å². The Hall–Kier alpha value is -1.55. The van der Waals surface area contributed by atoms with Gasteiger partial charge in [0.25, 0.3) is 0 Å². The molecular weight excluding hydrogens is 262 g/mol. The Balaban J connectivity index is 1.55. The highest BCUT2D eigenvalue weighted by molar-refractivity contribution is 5.75. The number of carbonyl (C=O) groups is 1. The lowest BCUT2D eigenvalue weighted by molar-refractivity contribution is -0.121. The van der Waals surface area contributed by atoms with Gasteiger partial charge >= 0.3 is 0 Å². The van der Waals surface area contributed by atoms with Gasteiger partial charge in [-0.2, -0.15) is 0 Å². The molecule has 2 aliphatic rings. The summed E-state index contributed by atoms with van der Waals surface area (Å²) in [5.74, 6) is 0.690. The number of hydrogen-bond donors (Lipinski definition) is 2. The van der Waals surface area contributed by atoms with Gasteiger partial charge in [0.1, 0.15) is 0 Å². The van der Waals surface area contributed by atoms with Crippen LogP contribution in [0.5, 0.6) is 0 Å². The molecule has 0 spiro atoms. The maximum absolute atomic E-state index is 11.4. The van der Waals surface area contributed by atoms with E-state index in [1.165, 1.54) is 11.3 Å². The lowest BCUT2D eigenvalue weighted by Crippen LogP contribution is -2.35. The molecule has 21 heavy (non-hydrogen) atoms. The van der Waals surface area contributed by atoms with Crippen molar-refractivity contribution < 1.29 is 4.79 Å². The predicted octanol–water partition coefficient (Wildman–Crippen LogP) is 1.99. The van der Waals surface area contributed by atoms with Crippen LogP contribution in [-0.4, -0.2) is 26.0 Å². The Labute approximate surface area is 126 Å². The zero-order chi connectivity index (χ0) is 14.9. The number of amides is 1. The molecule has 1 heterocycles. The topological polar surface area (TPSA) is 58.4 Å². The van der Waals surface area contributed by atoms with E-state index in [2.05, 4.69) is 34.5 Å². The molecule has 1 aliphatic heterocycles. The van der Waals surface area contributed by atoms with E-state index in [9.17, 15) is 4.79 Å². The Morgan fingerprint density at radius 2 is 1.90 bits per heavy atom. The Kier molecular flexibility index (Phi) is 3.89. The third kappa shape index (κ3) is 3.21. The number of hydrogen-bond acceptors (Lipinski definition) is 3. The molecule has 4 heteroatoms. The molecule has 1 amide bonds. The monoisotopic (exact) mass is 287 g/mol. The number of anilines is 1. The zero-order valence-corrected chi connectivity index (χ0v) is 12.8. The van der Waals surface area contributed by atoms with E-state index in [0.717, 1.165) is 38.8 Å². The van der Waals surface area contributed by atoms with Gasteiger partial charge in [-0.25, -0.2) is 0 Å². The fourth-order valence-electron chi connectivity index (χ4n) is 3.19. The van der Waals surface area contributed by atoms with Gasteiger partial charge in [0.15, 0.2) is 0 Å². The molecular formula is C17H25N3O. The lowest BCUT2D eigenvalue weighted by Gasteiger charge is -2.33. The summed E-state index contributed by atoms with van der Waals surface area (Å²) in [4.78, 5) is 13.8. The summed E-state index contributed by atoms with van der Waals surface area (Å²) in [5.41, 5.74) is 8.72. The summed E-state index contributed by atoms with van der Waals surface area (Å²) >= 11 is 0. The predicted molar refractivity (Wildman–Crippen MR) is 85.2 cm³/mol. The first-order valence-corrected chi connectivity index (χ1v) is 7.96. The van der Waals surface area contributed by atoms with E-state index in [1.807, 2.05) is 0 Å². The minimum Gasteiger partial charge on any atom is -0.372 e. The fraction of sp³-hybridized carbons (Fsp3) is 0.588. The smallest absolute Gasteiger partial charge is 0.220 e. The van der Waals surface area contributed by atoms with Crippen LogP contribution >= 0.6 is 0 Å². The fourth-order valence-corrected chi connectivity index (χ4v) is 3.19. The molecule has 3 N–H and O–H groups in total. The zero-order valence-electron chi connectivity index (χ0n) is 12.8. The quantitative estimate of drug-likeness (QED) is 0.890. The molecule has 1 aliphatic carbocycles. The van der Waals surface area contributed by atoms with Crippen molar-refractivity contribution in [2.75, 3.05) is 25.0 Å². The van der Waals surface area contributed by atoms with Crippen LogP contribution in [0.1, 0.15) is 37.7 Å². The number of benzene rings is 1. The maximum Gasteiger partial charge on any atom is 0.220 e. The van der Waals surface area contributed by atoms with Gasteiger partial charge in [0, 0.05) is 37.8 Å². The highest BCUT2D eigenvalue weighted by Gasteiger charge is 2.39. The average molecular weight is 287 g/mol. The van der Waals surface area contributed by atoms with Crippen LogP contribution in [0.15, 0.2) is 24.3 Å². The Bertz CT molecular complexity index is 499. The van der Waals surface area contributed by atoms with Crippen LogP contribution in [0.4, 0.5) is 5.69 Å². The molecule has 0 radical (unpaired) electrons. The van der Waals surface area contributed by atoms with E-state index in [0.29, 0.717) is 12.3 Å². The van der Waals surface area contributed by atoms with Crippen LogP contribution < -0.4 is 16.0 Å². The summed E-state index contributed by atoms with van der Waals surface area (Å²) in [7, 11) is 1.71. The second-order valence-corrected chi connectivity index (χ2v) is 6.51. The van der Waals surface area contributed by atoms with Gasteiger partial charge in [0.05, 0.1) is 0 Å². The van der Waals surface area contributed by atoms with Gasteiger partial charge in [0.2, 0.25) is 5.91 Å². The Morgan fingerprint density at radius 1 is 1.29 bits per heavy atom. The molecule has 0 atom stereocenters. The van der Waals surface area contributed by atoms with Crippen molar-refractivity contribution in [2.24, 2.45) is 11.7 Å². The molecule has 2 fully saturated rings. The first-order chi connectivity index (χ1) is 10.1. The van der Waals surface area contributed by atoms with Crippen molar-refractivity contribution in [2.45, 2.75) is 37.6 Å². The standard InChI is InChI=1S/C17H25N3O/c1-19-16(21)12-13-6-10-20(11-7-13)15-4-2-14(3-5-15)17(18)8-9-17/h2-5,13H,6-12,18H2,1H3,(H,19,21). The molecule has 4 nitrogen and oxygen atoms in total. The minimum atomic E-state index is -0.0426. The van der Waals surface area contributed by atoms with Gasteiger partial charge in [-0.3, -0.25) is 4.79 Å². The normalized spacial score (nSPS) is 21.1. The molecule has 1 saturated heterocycles. The molecule has 0 unspecified atom stereocenters. The Morgan fingerprint density at radius 3 is 2.43 bits per heavy atom. The van der Waals surface area contributed by atoms with E-state index in [1.54, 1.807) is 7.05 Å². The van der Waals surface area contributed by atoms with Gasteiger partial charge in [-0.05, 0) is 49.3 Å². The largest absolute Gasteiger partial charge is 0.372 e. The van der Waals surface area contributed by atoms with Crippen molar-refractivity contribution in [1.82, 2.24) is 5.32 Å². The molecule has 3 rings (SSSR count). The van der Waals surface area contributed by atoms with Crippen molar-refractivity contribution in [3.8, 4) is 0 Å². The van der Waals surface area contributed by atoms with E-state index >= 15 is 0 Å². The van der Waals surface area contributed by atoms with E-state index in [4.69, 9.17) is 5.73 Å². The van der Waals surface area contributed by atoms with Crippen LogP contribution in [0.2, 0.25) is 0 Å². The molecule has 1 aromatic carbocycles. The number of rotatable bonds is 4. The average Bonchev–Trinajstić information content (AvgIpc) is 3.27. The first kappa shape index (κ1) is 14.4. The number of carbonyl (C=O) groups excluding carboxylic acids is 1. The third-order valence-corrected chi connectivity index (χ3v) is 4.96. The van der Waals surface area contributed by atoms with Crippen LogP contribution in [0, 0.1) is 5.92 Å². The van der Waals surface area contributed by atoms with Crippen molar-refractivity contribution in [1.29, 1.82) is 0 Å². The second-order valence-electron chi connectivity index (χ2n) is 6.51. The van der Waals surface area contributed by atoms with Gasteiger partial charge in [-0.1, -0.05) is 12.1 Å². The summed E-state index contributed by atoms with van der Waals surface area (Å²) < 4.78 is 0. The van der Waals surface area contributed by atoms with Gasteiger partial charge in [-0.15, -0.1) is 0 Å². The summed E-state index contributed by atoms with van der Waals surface area (Å²) in [6.45, 7) is 2.07. The number of nitrogens with one attached hydrogen (secondary N) is 1. The molecule has 1 aromatic rings. The van der Waals surface area contributed by atoms with Gasteiger partial charge < -0.3 is 16.0 Å². The highest BCUT2D eigenvalue weighted by Crippen LogP contribution is 2.43. The molecule has 0 aromatic heterocycles.